The summed E-state index contributed by atoms with van der Waals surface area (Å²) in [7, 11) is -7.35. The van der Waals surface area contributed by atoms with Gasteiger partial charge in [-0.15, -0.1) is 0 Å². The quantitative estimate of drug-likeness (QED) is 0.102. The number of benzene rings is 2. The van der Waals surface area contributed by atoms with Gasteiger partial charge in [0.1, 0.15) is 12.4 Å². The molecular formula is C29H31BF6O7S. The van der Waals surface area contributed by atoms with Gasteiger partial charge in [-0.1, -0.05) is 26.0 Å². The lowest BCUT2D eigenvalue weighted by Crippen LogP contribution is -2.41. The van der Waals surface area contributed by atoms with E-state index < -0.39 is 81.1 Å². The Bertz CT molecular complexity index is 1580. The number of esters is 1. The Hall–Kier alpha value is -3.04. The van der Waals surface area contributed by atoms with E-state index in [0.717, 1.165) is 30.3 Å². The van der Waals surface area contributed by atoms with Crippen molar-refractivity contribution in [1.82, 2.24) is 0 Å². The zero-order chi connectivity index (χ0) is 33.0. The van der Waals surface area contributed by atoms with E-state index in [1.54, 1.807) is 47.6 Å². The molecule has 0 amide bonds. The van der Waals surface area contributed by atoms with E-state index in [0.29, 0.717) is 18.4 Å². The molecule has 0 atom stereocenters. The molecule has 1 saturated heterocycles. The molecule has 1 heterocycles. The second kappa shape index (κ2) is 11.4. The van der Waals surface area contributed by atoms with Crippen LogP contribution in [0, 0.1) is 11.2 Å². The van der Waals surface area contributed by atoms with E-state index >= 15 is 4.39 Å². The predicted octanol–water partition coefficient (Wildman–Crippen LogP) is 6.85. The number of alkyl halides is 5. The summed E-state index contributed by atoms with van der Waals surface area (Å²) in [5, 5.41) is 0. The normalized spacial score (nSPS) is 19.3. The van der Waals surface area contributed by atoms with Crippen LogP contribution in [0.3, 0.4) is 0 Å². The summed E-state index contributed by atoms with van der Waals surface area (Å²) in [6, 6.07) is 4.75. The predicted molar refractivity (Wildman–Crippen MR) is 149 cm³/mol. The average molecular weight is 648 g/mol. The molecule has 0 aromatic heterocycles. The van der Waals surface area contributed by atoms with E-state index in [1.807, 2.05) is 0 Å². The third-order valence-electron chi connectivity index (χ3n) is 8.15. The molecule has 0 unspecified atom stereocenters. The number of halogens is 6. The lowest BCUT2D eigenvalue weighted by Gasteiger charge is -2.32. The van der Waals surface area contributed by atoms with Crippen LogP contribution in [0.4, 0.5) is 26.3 Å². The van der Waals surface area contributed by atoms with Crippen LogP contribution in [-0.4, -0.2) is 38.2 Å². The molecule has 0 bridgehead atoms. The van der Waals surface area contributed by atoms with Crippen molar-refractivity contribution in [3.05, 3.63) is 64.5 Å². The highest BCUT2D eigenvalue weighted by atomic mass is 32.2. The number of hydrogen-bond donors (Lipinski definition) is 0. The van der Waals surface area contributed by atoms with Crippen LogP contribution in [0.1, 0.15) is 87.9 Å². The Balaban J connectivity index is 1.65. The topological polar surface area (TPSA) is 88.1 Å². The fraction of sp³-hybridized carbons (Fsp3) is 0.483. The summed E-state index contributed by atoms with van der Waals surface area (Å²) in [6.45, 7) is 9.60. The summed E-state index contributed by atoms with van der Waals surface area (Å²) < 4.78 is 127. The smallest absolute Gasteiger partial charge is 0.457 e. The van der Waals surface area contributed by atoms with Crippen molar-refractivity contribution < 1.29 is 57.8 Å². The van der Waals surface area contributed by atoms with Crippen molar-refractivity contribution in [3.63, 3.8) is 0 Å². The van der Waals surface area contributed by atoms with Crippen LogP contribution in [0.5, 0.6) is 5.75 Å². The van der Waals surface area contributed by atoms with Crippen LogP contribution in [0.25, 0.3) is 5.57 Å². The Kier molecular flexibility index (Phi) is 8.77. The van der Waals surface area contributed by atoms with Gasteiger partial charge in [-0.05, 0) is 75.8 Å². The third kappa shape index (κ3) is 6.50. The zero-order valence-corrected chi connectivity index (χ0v) is 25.6. The number of allylic oxidation sites excluding steroid dienone is 2. The molecule has 1 aliphatic carbocycles. The lowest BCUT2D eigenvalue weighted by molar-refractivity contribution is -0.0500. The van der Waals surface area contributed by atoms with E-state index in [4.69, 9.17) is 14.0 Å². The lowest BCUT2D eigenvalue weighted by atomic mass is 9.77. The SMILES string of the molecule is CC1(C)CCC=C1c1cc(C(=O)OCc2cc(C(F)F)cc(B3OC(C)(C)C(C)(C)O3)c2F)ccc1OS(=O)(=O)C(F)(F)F. The second-order valence-electron chi connectivity index (χ2n) is 12.3. The van der Waals surface area contributed by atoms with Crippen molar-refractivity contribution in [3.8, 4) is 5.75 Å². The summed E-state index contributed by atoms with van der Waals surface area (Å²) in [6.07, 6.45) is -0.182. The molecule has 2 aliphatic rings. The van der Waals surface area contributed by atoms with Gasteiger partial charge in [0.2, 0.25) is 0 Å². The van der Waals surface area contributed by atoms with E-state index in [1.165, 1.54) is 0 Å². The average Bonchev–Trinajstić information content (AvgIpc) is 3.35. The molecule has 0 saturated carbocycles. The minimum atomic E-state index is -6.03. The Morgan fingerprint density at radius 3 is 2.16 bits per heavy atom. The maximum Gasteiger partial charge on any atom is 0.534 e. The summed E-state index contributed by atoms with van der Waals surface area (Å²) in [5.74, 6) is -2.71. The molecule has 1 fully saturated rings. The Labute approximate surface area is 251 Å². The molecule has 44 heavy (non-hydrogen) atoms. The first-order valence-corrected chi connectivity index (χ1v) is 15.0. The standard InChI is InChI=1S/C29H31BF6O7S/c1-26(2)11-7-8-20(26)19-13-16(9-10-22(19)41-44(38,39)29(34,35)36)25(37)40-15-18-12-17(24(32)33)14-21(23(18)31)30-42-27(3,4)28(5,6)43-30/h8-10,12-14,24H,7,11,15H2,1-6H3. The van der Waals surface area contributed by atoms with E-state index in [2.05, 4.69) is 4.18 Å². The number of carbonyl (C=O) groups is 1. The number of carbonyl (C=O) groups excluding carboxylic acids is 1. The first-order chi connectivity index (χ1) is 20.1. The molecule has 0 N–H and O–H groups in total. The van der Waals surface area contributed by atoms with Crippen molar-refractivity contribution in [2.45, 2.75) is 84.1 Å². The molecule has 15 heteroatoms. The van der Waals surface area contributed by atoms with Crippen molar-refractivity contribution in [2.75, 3.05) is 0 Å². The van der Waals surface area contributed by atoms with Crippen LogP contribution in [0.15, 0.2) is 36.4 Å². The van der Waals surface area contributed by atoms with Crippen molar-refractivity contribution in [2.24, 2.45) is 5.41 Å². The highest BCUT2D eigenvalue weighted by Gasteiger charge is 2.53. The summed E-state index contributed by atoms with van der Waals surface area (Å²) in [4.78, 5) is 13.0. The summed E-state index contributed by atoms with van der Waals surface area (Å²) >= 11 is 0. The highest BCUT2D eigenvalue weighted by molar-refractivity contribution is 7.88. The van der Waals surface area contributed by atoms with Gasteiger partial charge in [0.25, 0.3) is 6.43 Å². The number of rotatable bonds is 8. The highest BCUT2D eigenvalue weighted by Crippen LogP contribution is 2.47. The summed E-state index contributed by atoms with van der Waals surface area (Å²) in [5.41, 5.74) is -9.21. The minimum absolute atomic E-state index is 0.0799. The van der Waals surface area contributed by atoms with Gasteiger partial charge in [0.15, 0.2) is 5.75 Å². The van der Waals surface area contributed by atoms with Crippen LogP contribution < -0.4 is 9.65 Å². The van der Waals surface area contributed by atoms with Gasteiger partial charge in [-0.25, -0.2) is 18.0 Å². The minimum Gasteiger partial charge on any atom is -0.457 e. The van der Waals surface area contributed by atoms with Crippen molar-refractivity contribution in [1.29, 1.82) is 0 Å². The first kappa shape index (κ1) is 33.8. The Morgan fingerprint density at radius 1 is 1.02 bits per heavy atom. The maximum atomic E-state index is 15.6. The van der Waals surface area contributed by atoms with Gasteiger partial charge in [-0.3, -0.25) is 0 Å². The van der Waals surface area contributed by atoms with Crippen molar-refractivity contribution >= 4 is 34.2 Å². The molecule has 0 radical (unpaired) electrons. The van der Waals surface area contributed by atoms with Gasteiger partial charge in [0.05, 0.1) is 16.8 Å². The zero-order valence-electron chi connectivity index (χ0n) is 24.8. The van der Waals surface area contributed by atoms with E-state index in [-0.39, 0.29) is 16.6 Å². The molecule has 0 spiro atoms. The molecule has 4 rings (SSSR count). The fourth-order valence-electron chi connectivity index (χ4n) is 4.90. The maximum absolute atomic E-state index is 15.6. The molecule has 7 nitrogen and oxygen atoms in total. The monoisotopic (exact) mass is 648 g/mol. The first-order valence-electron chi connectivity index (χ1n) is 13.6. The molecule has 2 aromatic carbocycles. The van der Waals surface area contributed by atoms with E-state index in [9.17, 15) is 35.2 Å². The molecule has 1 aliphatic heterocycles. The van der Waals surface area contributed by atoms with Gasteiger partial charge in [0, 0.05) is 22.2 Å². The van der Waals surface area contributed by atoms with Gasteiger partial charge >= 0.3 is 28.7 Å². The van der Waals surface area contributed by atoms with Crippen LogP contribution in [0.2, 0.25) is 0 Å². The largest absolute Gasteiger partial charge is 0.534 e. The molecule has 240 valence electrons. The fourth-order valence-corrected chi connectivity index (χ4v) is 5.38. The van der Waals surface area contributed by atoms with Gasteiger partial charge < -0.3 is 18.2 Å². The molecular weight excluding hydrogens is 617 g/mol. The third-order valence-corrected chi connectivity index (χ3v) is 9.12. The second-order valence-corrected chi connectivity index (χ2v) is 13.8. The Morgan fingerprint density at radius 2 is 1.64 bits per heavy atom. The molecule has 2 aromatic rings. The number of hydrogen-bond acceptors (Lipinski definition) is 7. The van der Waals surface area contributed by atoms with Gasteiger partial charge in [-0.2, -0.15) is 21.6 Å². The van der Waals surface area contributed by atoms with Crippen LogP contribution >= 0.6 is 0 Å². The van der Waals surface area contributed by atoms with Crippen LogP contribution in [-0.2, 0) is 30.8 Å². The number of ether oxygens (including phenoxy) is 1.